The Labute approximate surface area is 124 Å². The van der Waals surface area contributed by atoms with Crippen molar-refractivity contribution in [3.63, 3.8) is 0 Å². The molecule has 3 heteroatoms. The van der Waals surface area contributed by atoms with Gasteiger partial charge in [0.05, 0.1) is 0 Å². The maximum absolute atomic E-state index is 4.28. The largest absolute Gasteiger partial charge is 0.0750 e. The number of hydrogen-bond donors (Lipinski definition) is 1. The summed E-state index contributed by atoms with van der Waals surface area (Å²) >= 11 is -4.28. The SMILES string of the molecule is CC(C)(C)[NH][Ti]([CH3])([CH3])([CH3])([CH3])([CH3])([CH3])[C]1=CC=CC1.C[SiH2]C. The van der Waals surface area contributed by atoms with E-state index >= 15 is 0 Å². The van der Waals surface area contributed by atoms with E-state index in [4.69, 9.17) is 0 Å². The fourth-order valence-corrected chi connectivity index (χ4v) is 16.1. The third-order valence-electron chi connectivity index (χ3n) is 4.05. The van der Waals surface area contributed by atoms with Crippen LogP contribution in [0.3, 0.4) is 0 Å². The summed E-state index contributed by atoms with van der Waals surface area (Å²) in [4.78, 5) is 0. The summed E-state index contributed by atoms with van der Waals surface area (Å²) < 4.78 is 5.68. The minimum atomic E-state index is -4.28. The van der Waals surface area contributed by atoms with Crippen LogP contribution in [0.25, 0.3) is 0 Å². The van der Waals surface area contributed by atoms with E-state index < -0.39 is 11.7 Å². The molecule has 0 aromatic carbocycles. The Morgan fingerprint density at radius 3 is 1.65 bits per heavy atom. The Bertz CT molecular complexity index is 472. The van der Waals surface area contributed by atoms with E-state index in [1.807, 2.05) is 0 Å². The molecule has 0 saturated carbocycles. The molecule has 1 N–H and O–H groups in total. The molecule has 0 atom stereocenters. The van der Waals surface area contributed by atoms with Gasteiger partial charge in [-0.05, 0) is 0 Å². The molecular weight excluding hydrogens is 294 g/mol. The maximum Gasteiger partial charge on any atom is 0.0135 e. The molecule has 0 heterocycles. The molecule has 0 aromatic heterocycles. The van der Waals surface area contributed by atoms with Crippen LogP contribution in [0.2, 0.25) is 44.5 Å². The molecule has 0 fully saturated rings. The average Bonchev–Trinajstić information content (AvgIpc) is 2.46. The Hall–Kier alpha value is 0.371. The van der Waals surface area contributed by atoms with Crippen molar-refractivity contribution >= 4 is 9.52 Å². The Morgan fingerprint density at radius 1 is 1.00 bits per heavy atom. The molecule has 0 spiro atoms. The average molecular weight is 335 g/mol. The molecule has 1 rings (SSSR count). The van der Waals surface area contributed by atoms with Crippen LogP contribution in [0.4, 0.5) is 0 Å². The molecule has 122 valence electrons. The fourth-order valence-electron chi connectivity index (χ4n) is 4.17. The minimum Gasteiger partial charge on any atom is -0.0750 e. The first-order valence-electron chi connectivity index (χ1n) is 8.38. The Balaban J connectivity index is 0.00000110. The monoisotopic (exact) mass is 335 g/mol. The summed E-state index contributed by atoms with van der Waals surface area (Å²) in [5.41, 5.74) is 0.0972. The van der Waals surface area contributed by atoms with Crippen molar-refractivity contribution in [2.24, 2.45) is 0 Å². The molecule has 0 unspecified atom stereocenters. The van der Waals surface area contributed by atoms with Crippen molar-refractivity contribution in [3.8, 4) is 0 Å². The number of hydrogen-bond acceptors (Lipinski definition) is 1. The van der Waals surface area contributed by atoms with Gasteiger partial charge in [0.15, 0.2) is 0 Å². The topological polar surface area (TPSA) is 12.0 Å². The molecule has 20 heavy (non-hydrogen) atoms. The second-order valence-corrected chi connectivity index (χ2v) is 51.0. The van der Waals surface area contributed by atoms with Crippen LogP contribution >= 0.6 is 0 Å². The van der Waals surface area contributed by atoms with Crippen LogP contribution in [0.15, 0.2) is 22.1 Å². The van der Waals surface area contributed by atoms with E-state index in [2.05, 4.69) is 87.3 Å². The van der Waals surface area contributed by atoms with Gasteiger partial charge in [0.2, 0.25) is 0 Å². The minimum absolute atomic E-state index is 0.0972. The van der Waals surface area contributed by atoms with E-state index in [1.54, 1.807) is 3.88 Å². The first-order valence-corrected chi connectivity index (χ1v) is 22.1. The summed E-state index contributed by atoms with van der Waals surface area (Å²) in [6.45, 7) is 11.3. The van der Waals surface area contributed by atoms with Crippen LogP contribution in [0, 0.1) is 0 Å². The van der Waals surface area contributed by atoms with Crippen LogP contribution in [0.1, 0.15) is 27.2 Å². The first kappa shape index (κ1) is 20.4. The van der Waals surface area contributed by atoms with Crippen molar-refractivity contribution in [1.29, 1.82) is 0 Å². The van der Waals surface area contributed by atoms with Gasteiger partial charge < -0.3 is 0 Å². The van der Waals surface area contributed by atoms with Crippen molar-refractivity contribution in [1.82, 2.24) is 3.80 Å². The van der Waals surface area contributed by atoms with Crippen LogP contribution in [-0.2, 0) is 11.7 Å². The summed E-state index contributed by atoms with van der Waals surface area (Å²) in [7, 11) is 0.417. The number of nitrogens with one attached hydrogen (secondary N) is 1. The third-order valence-corrected chi connectivity index (χ3v) is 14.9. The molecule has 0 radical (unpaired) electrons. The molecule has 1 aliphatic rings. The fraction of sp³-hybridized carbons (Fsp3) is 0.765. The van der Waals surface area contributed by atoms with E-state index in [0.29, 0.717) is 9.52 Å². The van der Waals surface area contributed by atoms with Gasteiger partial charge in [0.1, 0.15) is 0 Å². The summed E-state index contributed by atoms with van der Waals surface area (Å²) in [5.74, 6) is 0. The van der Waals surface area contributed by atoms with Crippen molar-refractivity contribution < 1.29 is 11.7 Å². The van der Waals surface area contributed by atoms with E-state index in [-0.39, 0.29) is 5.54 Å². The second-order valence-electron chi connectivity index (χ2n) is 15.0. The molecule has 1 aliphatic carbocycles. The second kappa shape index (κ2) is 3.48. The first-order chi connectivity index (χ1) is 8.16. The van der Waals surface area contributed by atoms with Crippen molar-refractivity contribution in [3.05, 3.63) is 22.1 Å². The molecule has 0 bridgehead atoms. The van der Waals surface area contributed by atoms with Gasteiger partial charge in [-0.2, -0.15) is 0 Å². The van der Waals surface area contributed by atoms with Gasteiger partial charge in [-0.15, -0.1) is 0 Å². The zero-order valence-electron chi connectivity index (χ0n) is 16.1. The molecular formula is C17H41NSiTi. The predicted octanol–water partition coefficient (Wildman–Crippen LogP) is 5.97. The quantitative estimate of drug-likeness (QED) is 0.613. The molecule has 0 aromatic rings. The zero-order chi connectivity index (χ0) is 16.7. The Kier molecular flexibility index (Phi) is 3.54. The normalized spacial score (nSPS) is 23.4. The number of allylic oxidation sites excluding steroid dienone is 4. The summed E-state index contributed by atoms with van der Waals surface area (Å²) in [5, 5.41) is 15.0. The van der Waals surface area contributed by atoms with Crippen LogP contribution in [0.5, 0.6) is 0 Å². The maximum atomic E-state index is 4.10. The van der Waals surface area contributed by atoms with E-state index in [0.717, 1.165) is 6.42 Å². The van der Waals surface area contributed by atoms with Crippen molar-refractivity contribution in [2.45, 2.75) is 77.2 Å². The Morgan fingerprint density at radius 2 is 1.40 bits per heavy atom. The zero-order valence-corrected chi connectivity index (χ0v) is 19.1. The van der Waals surface area contributed by atoms with Gasteiger partial charge >= 0.3 is 102 Å². The van der Waals surface area contributed by atoms with Gasteiger partial charge in [-0.25, -0.2) is 0 Å². The molecule has 1 nitrogen and oxygen atoms in total. The van der Waals surface area contributed by atoms with Gasteiger partial charge in [0, 0.05) is 9.52 Å². The predicted molar refractivity (Wildman–Crippen MR) is 100 cm³/mol. The third kappa shape index (κ3) is 5.63. The van der Waals surface area contributed by atoms with E-state index in [1.165, 1.54) is 0 Å². The van der Waals surface area contributed by atoms with Crippen molar-refractivity contribution in [2.75, 3.05) is 0 Å². The van der Waals surface area contributed by atoms with E-state index in [9.17, 15) is 0 Å². The number of rotatable bonds is 2. The van der Waals surface area contributed by atoms with Gasteiger partial charge in [-0.1, -0.05) is 13.1 Å². The molecule has 0 saturated heterocycles. The summed E-state index contributed by atoms with van der Waals surface area (Å²) in [6, 6.07) is 0. The summed E-state index contributed by atoms with van der Waals surface area (Å²) in [6.07, 6.45) is 7.89. The molecule has 0 aliphatic heterocycles. The van der Waals surface area contributed by atoms with Crippen LogP contribution in [-0.4, -0.2) is 15.1 Å². The van der Waals surface area contributed by atoms with Gasteiger partial charge in [0.25, 0.3) is 0 Å². The van der Waals surface area contributed by atoms with Crippen LogP contribution < -0.4 is 3.80 Å². The smallest absolute Gasteiger partial charge is 0.0135 e. The standard InChI is InChI=1S/C5H5.C4H10N.C2H8Si.6CH3.Ti/c1-2-4-5-3-1;1-4(2,3)5;1-3-2;;;;;;;/h1-3H,4H2;5H,1-3H3;3H2,1-2H3;6*1H3;/q;-1;;;;;;;;+1. The van der Waals surface area contributed by atoms with Gasteiger partial charge in [-0.3, -0.25) is 0 Å². The molecule has 0 amide bonds.